The van der Waals surface area contributed by atoms with Crippen molar-refractivity contribution in [2.75, 3.05) is 13.7 Å². The van der Waals surface area contributed by atoms with Crippen LogP contribution in [0.5, 0.6) is 11.5 Å². The second kappa shape index (κ2) is 7.65. The van der Waals surface area contributed by atoms with Crippen molar-refractivity contribution in [3.05, 3.63) is 58.6 Å². The number of benzene rings is 2. The van der Waals surface area contributed by atoms with Gasteiger partial charge in [0.05, 0.1) is 12.7 Å². The van der Waals surface area contributed by atoms with Crippen LogP contribution in [0.15, 0.2) is 42.5 Å². The molecule has 0 fully saturated rings. The van der Waals surface area contributed by atoms with Crippen LogP contribution in [-0.2, 0) is 9.53 Å². The van der Waals surface area contributed by atoms with Gasteiger partial charge in [-0.05, 0) is 55.0 Å². The Labute approximate surface area is 138 Å². The van der Waals surface area contributed by atoms with Crippen LogP contribution in [0.2, 0.25) is 5.02 Å². The van der Waals surface area contributed by atoms with E-state index in [1.807, 2.05) is 6.92 Å². The van der Waals surface area contributed by atoms with Crippen molar-refractivity contribution in [3.63, 3.8) is 0 Å². The van der Waals surface area contributed by atoms with Gasteiger partial charge in [0.15, 0.2) is 6.61 Å². The summed E-state index contributed by atoms with van der Waals surface area (Å²) in [4.78, 5) is 23.1. The second-order valence-corrected chi connectivity index (χ2v) is 5.12. The SMILES string of the molecule is COC(=O)c1ccc(OC(=O)COc2ccc(Cl)cc2C)cc1. The van der Waals surface area contributed by atoms with Crippen LogP contribution in [0.1, 0.15) is 15.9 Å². The van der Waals surface area contributed by atoms with E-state index in [0.717, 1.165) is 5.56 Å². The highest BCUT2D eigenvalue weighted by Gasteiger charge is 2.09. The molecule has 0 heterocycles. The molecule has 0 atom stereocenters. The minimum Gasteiger partial charge on any atom is -0.482 e. The Kier molecular flexibility index (Phi) is 5.60. The Morgan fingerprint density at radius 2 is 1.78 bits per heavy atom. The summed E-state index contributed by atoms with van der Waals surface area (Å²) in [6.45, 7) is 1.60. The molecule has 120 valence electrons. The number of aryl methyl sites for hydroxylation is 1. The predicted octanol–water partition coefficient (Wildman–Crippen LogP) is 3.42. The molecule has 0 spiro atoms. The van der Waals surface area contributed by atoms with Gasteiger partial charge in [-0.15, -0.1) is 0 Å². The number of carbonyl (C=O) groups excluding carboxylic acids is 2. The van der Waals surface area contributed by atoms with Crippen molar-refractivity contribution in [1.29, 1.82) is 0 Å². The summed E-state index contributed by atoms with van der Waals surface area (Å²) in [5.74, 6) is -0.124. The largest absolute Gasteiger partial charge is 0.482 e. The van der Waals surface area contributed by atoms with Crippen LogP contribution >= 0.6 is 11.6 Å². The summed E-state index contributed by atoms with van der Waals surface area (Å²) in [7, 11) is 1.30. The Hall–Kier alpha value is -2.53. The van der Waals surface area contributed by atoms with Crippen molar-refractivity contribution in [3.8, 4) is 11.5 Å². The van der Waals surface area contributed by atoms with Gasteiger partial charge in [0.1, 0.15) is 11.5 Å². The predicted molar refractivity (Wildman–Crippen MR) is 85.1 cm³/mol. The fraction of sp³-hybridized carbons (Fsp3) is 0.176. The average molecular weight is 335 g/mol. The Morgan fingerprint density at radius 1 is 1.09 bits per heavy atom. The number of methoxy groups -OCH3 is 1. The van der Waals surface area contributed by atoms with E-state index >= 15 is 0 Å². The number of carbonyl (C=O) groups is 2. The molecule has 0 aliphatic rings. The number of esters is 2. The monoisotopic (exact) mass is 334 g/mol. The molecule has 6 heteroatoms. The van der Waals surface area contributed by atoms with E-state index in [4.69, 9.17) is 21.1 Å². The van der Waals surface area contributed by atoms with Gasteiger partial charge >= 0.3 is 11.9 Å². The van der Waals surface area contributed by atoms with Gasteiger partial charge in [0.25, 0.3) is 0 Å². The summed E-state index contributed by atoms with van der Waals surface area (Å²) in [6.07, 6.45) is 0. The molecule has 0 bridgehead atoms. The average Bonchev–Trinajstić information content (AvgIpc) is 2.54. The van der Waals surface area contributed by atoms with E-state index in [0.29, 0.717) is 22.1 Å². The Balaban J connectivity index is 1.90. The number of rotatable bonds is 5. The zero-order valence-electron chi connectivity index (χ0n) is 12.7. The van der Waals surface area contributed by atoms with Crippen molar-refractivity contribution in [1.82, 2.24) is 0 Å². The normalized spacial score (nSPS) is 10.0. The summed E-state index contributed by atoms with van der Waals surface area (Å²) in [5.41, 5.74) is 1.20. The van der Waals surface area contributed by atoms with Gasteiger partial charge in [-0.25, -0.2) is 9.59 Å². The molecule has 23 heavy (non-hydrogen) atoms. The van der Waals surface area contributed by atoms with Crippen LogP contribution in [0, 0.1) is 6.92 Å². The van der Waals surface area contributed by atoms with E-state index in [2.05, 4.69) is 4.74 Å². The molecule has 0 radical (unpaired) electrons. The molecule has 0 saturated carbocycles. The molecule has 0 aliphatic heterocycles. The lowest BCUT2D eigenvalue weighted by molar-refractivity contribution is -0.136. The molecule has 0 aliphatic carbocycles. The lowest BCUT2D eigenvalue weighted by Crippen LogP contribution is -2.18. The molecule has 2 rings (SSSR count). The molecular weight excluding hydrogens is 320 g/mol. The first-order valence-electron chi connectivity index (χ1n) is 6.77. The fourth-order valence-corrected chi connectivity index (χ4v) is 2.08. The maximum Gasteiger partial charge on any atom is 0.349 e. The Morgan fingerprint density at radius 3 is 2.39 bits per heavy atom. The highest BCUT2D eigenvalue weighted by atomic mass is 35.5. The van der Waals surface area contributed by atoms with E-state index in [1.165, 1.54) is 31.4 Å². The van der Waals surface area contributed by atoms with Crippen LogP contribution in [-0.4, -0.2) is 25.7 Å². The van der Waals surface area contributed by atoms with Gasteiger partial charge in [0, 0.05) is 5.02 Å². The smallest absolute Gasteiger partial charge is 0.349 e. The van der Waals surface area contributed by atoms with Crippen molar-refractivity contribution in [2.45, 2.75) is 6.92 Å². The lowest BCUT2D eigenvalue weighted by Gasteiger charge is -2.09. The molecule has 0 aromatic heterocycles. The van der Waals surface area contributed by atoms with Gasteiger partial charge in [-0.1, -0.05) is 11.6 Å². The first kappa shape index (κ1) is 16.8. The fourth-order valence-electron chi connectivity index (χ4n) is 1.85. The highest BCUT2D eigenvalue weighted by molar-refractivity contribution is 6.30. The highest BCUT2D eigenvalue weighted by Crippen LogP contribution is 2.22. The van der Waals surface area contributed by atoms with Crippen molar-refractivity contribution in [2.24, 2.45) is 0 Å². The van der Waals surface area contributed by atoms with Gasteiger partial charge in [-0.3, -0.25) is 0 Å². The quantitative estimate of drug-likeness (QED) is 0.619. The Bertz CT molecular complexity index is 709. The summed E-state index contributed by atoms with van der Waals surface area (Å²) >= 11 is 5.85. The van der Waals surface area contributed by atoms with E-state index in [9.17, 15) is 9.59 Å². The third kappa shape index (κ3) is 4.72. The van der Waals surface area contributed by atoms with Crippen LogP contribution < -0.4 is 9.47 Å². The first-order valence-corrected chi connectivity index (χ1v) is 7.15. The summed E-state index contributed by atoms with van der Waals surface area (Å²) in [5, 5.41) is 0.600. The van der Waals surface area contributed by atoms with E-state index in [-0.39, 0.29) is 6.61 Å². The maximum absolute atomic E-state index is 11.8. The minimum absolute atomic E-state index is 0.235. The third-order valence-electron chi connectivity index (χ3n) is 2.99. The van der Waals surface area contributed by atoms with Gasteiger partial charge in [-0.2, -0.15) is 0 Å². The summed E-state index contributed by atoms with van der Waals surface area (Å²) in [6, 6.07) is 11.2. The van der Waals surface area contributed by atoms with Crippen molar-refractivity contribution >= 4 is 23.5 Å². The standard InChI is InChI=1S/C17H15ClO5/c1-11-9-13(18)5-8-15(11)22-10-16(19)23-14-6-3-12(4-7-14)17(20)21-2/h3-9H,10H2,1-2H3. The first-order chi connectivity index (χ1) is 11.0. The maximum atomic E-state index is 11.8. The molecular formula is C17H15ClO5. The van der Waals surface area contributed by atoms with Crippen LogP contribution in [0.3, 0.4) is 0 Å². The van der Waals surface area contributed by atoms with Crippen LogP contribution in [0.25, 0.3) is 0 Å². The third-order valence-corrected chi connectivity index (χ3v) is 3.22. The number of halogens is 1. The second-order valence-electron chi connectivity index (χ2n) is 4.69. The topological polar surface area (TPSA) is 61.8 Å². The van der Waals surface area contributed by atoms with Crippen molar-refractivity contribution < 1.29 is 23.8 Å². The zero-order valence-corrected chi connectivity index (χ0v) is 13.4. The lowest BCUT2D eigenvalue weighted by atomic mass is 10.2. The molecule has 5 nitrogen and oxygen atoms in total. The molecule has 0 N–H and O–H groups in total. The number of hydrogen-bond donors (Lipinski definition) is 0. The molecule has 0 unspecified atom stereocenters. The summed E-state index contributed by atoms with van der Waals surface area (Å²) < 4.78 is 15.1. The van der Waals surface area contributed by atoms with E-state index < -0.39 is 11.9 Å². The van der Waals surface area contributed by atoms with Crippen LogP contribution in [0.4, 0.5) is 0 Å². The van der Waals surface area contributed by atoms with Gasteiger partial charge in [0.2, 0.25) is 0 Å². The van der Waals surface area contributed by atoms with E-state index in [1.54, 1.807) is 18.2 Å². The molecule has 0 saturated heterocycles. The molecule has 0 amide bonds. The number of ether oxygens (including phenoxy) is 3. The molecule has 2 aromatic carbocycles. The zero-order chi connectivity index (χ0) is 16.8. The molecule has 2 aromatic rings. The minimum atomic E-state index is -0.551. The number of hydrogen-bond acceptors (Lipinski definition) is 5. The van der Waals surface area contributed by atoms with Gasteiger partial charge < -0.3 is 14.2 Å².